The molecule has 1 saturated heterocycles. The number of carbonyl (C=O) groups is 1. The highest BCUT2D eigenvalue weighted by Crippen LogP contribution is 2.25. The molecule has 1 aliphatic heterocycles. The molecule has 2 aromatic rings. The maximum atomic E-state index is 12.5. The molecule has 3 rings (SSSR count). The number of carbonyl (C=O) groups excluding carboxylic acids is 1. The third kappa shape index (κ3) is 4.00. The molecule has 0 spiro atoms. The minimum atomic E-state index is -0.192. The van der Waals surface area contributed by atoms with Crippen molar-refractivity contribution in [1.29, 1.82) is 0 Å². The zero-order valence-electron chi connectivity index (χ0n) is 14.5. The van der Waals surface area contributed by atoms with E-state index in [0.29, 0.717) is 22.7 Å². The normalized spacial score (nSPS) is 15.0. The van der Waals surface area contributed by atoms with E-state index in [9.17, 15) is 4.79 Å². The molecule has 3 N–H and O–H groups in total. The molecule has 0 bridgehead atoms. The first-order chi connectivity index (χ1) is 12.1. The van der Waals surface area contributed by atoms with Gasteiger partial charge >= 0.3 is 0 Å². The van der Waals surface area contributed by atoms with Crippen LogP contribution in [0.3, 0.4) is 0 Å². The molecular formula is C18H23N5O2. The Morgan fingerprint density at radius 2 is 1.96 bits per heavy atom. The van der Waals surface area contributed by atoms with Crippen LogP contribution in [0.1, 0.15) is 10.4 Å². The smallest absolute Gasteiger partial charge is 0.255 e. The number of anilines is 3. The average molecular weight is 341 g/mol. The number of methoxy groups -OCH3 is 1. The number of nitrogen functional groups attached to an aromatic ring is 1. The lowest BCUT2D eigenvalue weighted by Crippen LogP contribution is -2.44. The minimum Gasteiger partial charge on any atom is -0.495 e. The lowest BCUT2D eigenvalue weighted by atomic mass is 10.2. The van der Waals surface area contributed by atoms with Crippen LogP contribution >= 0.6 is 0 Å². The van der Waals surface area contributed by atoms with E-state index in [2.05, 4.69) is 27.1 Å². The number of nitrogens with one attached hydrogen (secondary N) is 1. The molecule has 1 aromatic heterocycles. The monoisotopic (exact) mass is 341 g/mol. The van der Waals surface area contributed by atoms with Gasteiger partial charge in [-0.25, -0.2) is 4.98 Å². The van der Waals surface area contributed by atoms with Gasteiger partial charge in [0.1, 0.15) is 11.6 Å². The summed E-state index contributed by atoms with van der Waals surface area (Å²) in [4.78, 5) is 21.4. The lowest BCUT2D eigenvalue weighted by Gasteiger charge is -2.33. The molecule has 0 radical (unpaired) electrons. The lowest BCUT2D eigenvalue weighted by molar-refractivity contribution is 0.102. The molecule has 2 heterocycles. The number of hydrogen-bond donors (Lipinski definition) is 2. The van der Waals surface area contributed by atoms with Crippen molar-refractivity contribution in [3.8, 4) is 5.75 Å². The number of hydrogen-bond acceptors (Lipinski definition) is 6. The first-order valence-electron chi connectivity index (χ1n) is 8.21. The molecule has 25 heavy (non-hydrogen) atoms. The Balaban J connectivity index is 1.72. The molecule has 1 amide bonds. The number of nitrogens with two attached hydrogens (primary N) is 1. The summed E-state index contributed by atoms with van der Waals surface area (Å²) in [6.07, 6.45) is 1.67. The van der Waals surface area contributed by atoms with E-state index in [1.54, 1.807) is 37.6 Å². The molecule has 7 nitrogen and oxygen atoms in total. The molecular weight excluding hydrogens is 318 g/mol. The van der Waals surface area contributed by atoms with E-state index >= 15 is 0 Å². The van der Waals surface area contributed by atoms with Crippen LogP contribution in [-0.4, -0.2) is 56.1 Å². The van der Waals surface area contributed by atoms with E-state index in [1.807, 2.05) is 6.07 Å². The predicted octanol–water partition coefficient (Wildman–Crippen LogP) is 1.68. The SMILES string of the molecule is COc1ccc(NC(=O)c2ccnc(N3CCN(C)CC3)c2)cc1N. The summed E-state index contributed by atoms with van der Waals surface area (Å²) < 4.78 is 5.13. The fourth-order valence-corrected chi connectivity index (χ4v) is 2.78. The van der Waals surface area contributed by atoms with Gasteiger partial charge in [0.2, 0.25) is 0 Å². The Kier molecular flexibility index (Phi) is 5.04. The molecule has 1 aliphatic rings. The number of rotatable bonds is 4. The highest BCUT2D eigenvalue weighted by Gasteiger charge is 2.17. The van der Waals surface area contributed by atoms with Crippen LogP contribution in [0.25, 0.3) is 0 Å². The Morgan fingerprint density at radius 3 is 2.64 bits per heavy atom. The van der Waals surface area contributed by atoms with Crippen LogP contribution < -0.4 is 20.7 Å². The van der Waals surface area contributed by atoms with Gasteiger partial charge in [-0.05, 0) is 37.4 Å². The summed E-state index contributed by atoms with van der Waals surface area (Å²) in [7, 11) is 3.66. The summed E-state index contributed by atoms with van der Waals surface area (Å²) in [6.45, 7) is 3.79. The molecule has 1 fully saturated rings. The van der Waals surface area contributed by atoms with Crippen LogP contribution in [-0.2, 0) is 0 Å². The second-order valence-electron chi connectivity index (χ2n) is 6.10. The van der Waals surface area contributed by atoms with Gasteiger partial charge in [-0.2, -0.15) is 0 Å². The van der Waals surface area contributed by atoms with E-state index in [0.717, 1.165) is 32.0 Å². The minimum absolute atomic E-state index is 0.192. The van der Waals surface area contributed by atoms with Gasteiger partial charge in [0, 0.05) is 43.6 Å². The van der Waals surface area contributed by atoms with Crippen molar-refractivity contribution in [2.45, 2.75) is 0 Å². The Hall–Kier alpha value is -2.80. The fraction of sp³-hybridized carbons (Fsp3) is 0.333. The Morgan fingerprint density at radius 1 is 1.20 bits per heavy atom. The predicted molar refractivity (Wildman–Crippen MR) is 99.3 cm³/mol. The Bertz CT molecular complexity index is 757. The van der Waals surface area contributed by atoms with Crippen LogP contribution in [0, 0.1) is 0 Å². The average Bonchev–Trinajstić information content (AvgIpc) is 2.62. The number of piperazine rings is 1. The second-order valence-corrected chi connectivity index (χ2v) is 6.10. The number of benzene rings is 1. The molecule has 132 valence electrons. The van der Waals surface area contributed by atoms with Gasteiger partial charge < -0.3 is 25.6 Å². The maximum absolute atomic E-state index is 12.5. The summed E-state index contributed by atoms with van der Waals surface area (Å²) in [5, 5.41) is 2.86. The van der Waals surface area contributed by atoms with Gasteiger partial charge in [0.25, 0.3) is 5.91 Å². The zero-order chi connectivity index (χ0) is 17.8. The first kappa shape index (κ1) is 17.0. The van der Waals surface area contributed by atoms with Gasteiger partial charge in [-0.15, -0.1) is 0 Å². The summed E-state index contributed by atoms with van der Waals surface area (Å²) in [6, 6.07) is 8.71. The molecule has 7 heteroatoms. The molecule has 0 saturated carbocycles. The molecule has 1 aromatic carbocycles. The number of amides is 1. The van der Waals surface area contributed by atoms with Crippen LogP contribution in [0.15, 0.2) is 36.5 Å². The third-order valence-electron chi connectivity index (χ3n) is 4.32. The van der Waals surface area contributed by atoms with Gasteiger partial charge in [0.05, 0.1) is 12.8 Å². The highest BCUT2D eigenvalue weighted by molar-refractivity contribution is 6.04. The number of likely N-dealkylation sites (N-methyl/N-ethyl adjacent to an activating group) is 1. The summed E-state index contributed by atoms with van der Waals surface area (Å²) in [5.41, 5.74) is 7.56. The van der Waals surface area contributed by atoms with E-state index in [1.165, 1.54) is 0 Å². The van der Waals surface area contributed by atoms with Gasteiger partial charge in [-0.1, -0.05) is 0 Å². The van der Waals surface area contributed by atoms with E-state index < -0.39 is 0 Å². The number of nitrogens with zero attached hydrogens (tertiary/aromatic N) is 3. The topological polar surface area (TPSA) is 83.7 Å². The second kappa shape index (κ2) is 7.40. The molecule has 0 atom stereocenters. The highest BCUT2D eigenvalue weighted by atomic mass is 16.5. The van der Waals surface area contributed by atoms with Crippen molar-refractivity contribution in [2.75, 3.05) is 56.3 Å². The Labute approximate surface area is 147 Å². The van der Waals surface area contributed by atoms with Gasteiger partial charge in [-0.3, -0.25) is 4.79 Å². The van der Waals surface area contributed by atoms with Crippen molar-refractivity contribution in [1.82, 2.24) is 9.88 Å². The van der Waals surface area contributed by atoms with Crippen molar-refractivity contribution in [3.63, 3.8) is 0 Å². The van der Waals surface area contributed by atoms with Crippen LogP contribution in [0.5, 0.6) is 5.75 Å². The molecule has 0 aliphatic carbocycles. The number of ether oxygens (including phenoxy) is 1. The van der Waals surface area contributed by atoms with Crippen molar-refractivity contribution >= 4 is 23.1 Å². The summed E-state index contributed by atoms with van der Waals surface area (Å²) in [5.74, 6) is 1.22. The largest absolute Gasteiger partial charge is 0.495 e. The number of pyridine rings is 1. The maximum Gasteiger partial charge on any atom is 0.255 e. The van der Waals surface area contributed by atoms with E-state index in [-0.39, 0.29) is 5.91 Å². The van der Waals surface area contributed by atoms with Crippen LogP contribution in [0.2, 0.25) is 0 Å². The summed E-state index contributed by atoms with van der Waals surface area (Å²) >= 11 is 0. The standard InChI is InChI=1S/C18H23N5O2/c1-22-7-9-23(10-8-22)17-11-13(5-6-20-17)18(24)21-14-3-4-16(25-2)15(19)12-14/h3-6,11-12H,7-10,19H2,1-2H3,(H,21,24). The first-order valence-corrected chi connectivity index (χ1v) is 8.21. The van der Waals surface area contributed by atoms with Crippen molar-refractivity contribution < 1.29 is 9.53 Å². The third-order valence-corrected chi connectivity index (χ3v) is 4.32. The van der Waals surface area contributed by atoms with Crippen molar-refractivity contribution in [3.05, 3.63) is 42.1 Å². The fourth-order valence-electron chi connectivity index (χ4n) is 2.78. The zero-order valence-corrected chi connectivity index (χ0v) is 14.5. The number of aromatic nitrogens is 1. The quantitative estimate of drug-likeness (QED) is 0.823. The van der Waals surface area contributed by atoms with E-state index in [4.69, 9.17) is 10.5 Å². The van der Waals surface area contributed by atoms with Crippen LogP contribution in [0.4, 0.5) is 17.2 Å². The van der Waals surface area contributed by atoms with Crippen molar-refractivity contribution in [2.24, 2.45) is 0 Å². The molecule has 0 unspecified atom stereocenters. The van der Waals surface area contributed by atoms with Gasteiger partial charge in [0.15, 0.2) is 0 Å².